The first-order valence-corrected chi connectivity index (χ1v) is 6.82. The molecule has 4 heteroatoms. The third kappa shape index (κ3) is 2.23. The lowest BCUT2D eigenvalue weighted by Gasteiger charge is -2.10. The molecule has 0 unspecified atom stereocenters. The van der Waals surface area contributed by atoms with Crippen LogP contribution in [0.1, 0.15) is 11.1 Å². The number of H-pyrrole nitrogens is 1. The van der Waals surface area contributed by atoms with Crippen LogP contribution in [0.25, 0.3) is 22.4 Å². The highest BCUT2D eigenvalue weighted by Gasteiger charge is 2.16. The zero-order chi connectivity index (χ0) is 15.0. The standard InChI is InChI=1S/C17H18N2O2/c1-10-8-12-13(9-11(10)2)19-17(18-12)16-14(20-3)6-5-7-15(16)21-4/h5-9H,1-4H3,(H,18,19). The zero-order valence-electron chi connectivity index (χ0n) is 12.7. The maximum atomic E-state index is 5.45. The molecule has 4 nitrogen and oxygen atoms in total. The summed E-state index contributed by atoms with van der Waals surface area (Å²) in [4.78, 5) is 8.04. The Morgan fingerprint density at radius 3 is 2.19 bits per heavy atom. The number of ether oxygens (including phenoxy) is 2. The summed E-state index contributed by atoms with van der Waals surface area (Å²) in [5.74, 6) is 2.23. The van der Waals surface area contributed by atoms with Crippen molar-refractivity contribution in [1.29, 1.82) is 0 Å². The van der Waals surface area contributed by atoms with Crippen LogP contribution in [0.4, 0.5) is 0 Å². The van der Waals surface area contributed by atoms with Crippen LogP contribution < -0.4 is 9.47 Å². The average molecular weight is 282 g/mol. The summed E-state index contributed by atoms with van der Waals surface area (Å²) in [6.07, 6.45) is 0. The van der Waals surface area contributed by atoms with Crippen LogP contribution in [-0.4, -0.2) is 24.2 Å². The number of aryl methyl sites for hydroxylation is 2. The number of rotatable bonds is 3. The minimum Gasteiger partial charge on any atom is -0.496 e. The molecule has 0 amide bonds. The minimum atomic E-state index is 0.738. The Bertz CT molecular complexity index is 745. The molecule has 0 bridgehead atoms. The van der Waals surface area contributed by atoms with Crippen LogP contribution in [0.5, 0.6) is 11.5 Å². The van der Waals surface area contributed by atoms with Crippen LogP contribution in [0.2, 0.25) is 0 Å². The number of nitrogens with one attached hydrogen (secondary N) is 1. The predicted octanol–water partition coefficient (Wildman–Crippen LogP) is 3.86. The molecule has 0 aliphatic rings. The van der Waals surface area contributed by atoms with Gasteiger partial charge in [-0.15, -0.1) is 0 Å². The highest BCUT2D eigenvalue weighted by Crippen LogP contribution is 2.37. The first-order chi connectivity index (χ1) is 10.1. The van der Waals surface area contributed by atoms with E-state index in [2.05, 4.69) is 35.9 Å². The van der Waals surface area contributed by atoms with Gasteiger partial charge in [0.25, 0.3) is 0 Å². The van der Waals surface area contributed by atoms with E-state index in [0.29, 0.717) is 0 Å². The van der Waals surface area contributed by atoms with Crippen LogP contribution in [0, 0.1) is 13.8 Å². The quantitative estimate of drug-likeness (QED) is 0.793. The number of methoxy groups -OCH3 is 2. The van der Waals surface area contributed by atoms with Gasteiger partial charge in [0.15, 0.2) is 0 Å². The molecule has 1 heterocycles. The summed E-state index contributed by atoms with van der Waals surface area (Å²) in [6.45, 7) is 4.19. The van der Waals surface area contributed by atoms with Gasteiger partial charge in [-0.25, -0.2) is 4.98 Å². The average Bonchev–Trinajstić information content (AvgIpc) is 2.89. The molecule has 0 aliphatic heterocycles. The molecule has 0 radical (unpaired) electrons. The molecule has 0 aliphatic carbocycles. The molecule has 108 valence electrons. The van der Waals surface area contributed by atoms with Gasteiger partial charge in [0.1, 0.15) is 22.9 Å². The molecule has 1 aromatic heterocycles. The Morgan fingerprint density at radius 2 is 1.57 bits per heavy atom. The molecule has 3 rings (SSSR count). The van der Waals surface area contributed by atoms with Crippen molar-refractivity contribution in [2.75, 3.05) is 14.2 Å². The summed E-state index contributed by atoms with van der Waals surface area (Å²) in [7, 11) is 3.30. The lowest BCUT2D eigenvalue weighted by Crippen LogP contribution is -1.93. The highest BCUT2D eigenvalue weighted by atomic mass is 16.5. The van der Waals surface area contributed by atoms with Crippen molar-refractivity contribution in [3.8, 4) is 22.9 Å². The summed E-state index contributed by atoms with van der Waals surface area (Å²) in [5.41, 5.74) is 5.27. The number of hydrogen-bond acceptors (Lipinski definition) is 3. The molecule has 2 aromatic carbocycles. The fourth-order valence-corrected chi connectivity index (χ4v) is 2.47. The predicted molar refractivity (Wildman–Crippen MR) is 84.1 cm³/mol. The Kier molecular flexibility index (Phi) is 3.29. The largest absolute Gasteiger partial charge is 0.496 e. The van der Waals surface area contributed by atoms with Crippen LogP contribution in [-0.2, 0) is 0 Å². The second kappa shape index (κ2) is 5.13. The van der Waals surface area contributed by atoms with Crippen molar-refractivity contribution in [3.05, 3.63) is 41.5 Å². The van der Waals surface area contributed by atoms with E-state index in [0.717, 1.165) is 33.9 Å². The number of hydrogen-bond donors (Lipinski definition) is 1. The highest BCUT2D eigenvalue weighted by molar-refractivity contribution is 5.83. The second-order valence-corrected chi connectivity index (χ2v) is 5.08. The topological polar surface area (TPSA) is 47.1 Å². The number of nitrogens with zero attached hydrogens (tertiary/aromatic N) is 1. The first kappa shape index (κ1) is 13.5. The minimum absolute atomic E-state index is 0.738. The normalized spacial score (nSPS) is 10.9. The van der Waals surface area contributed by atoms with Gasteiger partial charge in [-0.05, 0) is 49.2 Å². The van der Waals surface area contributed by atoms with Crippen molar-refractivity contribution >= 4 is 11.0 Å². The van der Waals surface area contributed by atoms with E-state index >= 15 is 0 Å². The molecule has 21 heavy (non-hydrogen) atoms. The molecular weight excluding hydrogens is 264 g/mol. The van der Waals surface area contributed by atoms with Crippen molar-refractivity contribution in [2.24, 2.45) is 0 Å². The van der Waals surface area contributed by atoms with Gasteiger partial charge in [0.05, 0.1) is 25.3 Å². The third-order valence-electron chi connectivity index (χ3n) is 3.76. The first-order valence-electron chi connectivity index (χ1n) is 6.82. The van der Waals surface area contributed by atoms with Crippen molar-refractivity contribution in [2.45, 2.75) is 13.8 Å². The van der Waals surface area contributed by atoms with Gasteiger partial charge in [0.2, 0.25) is 0 Å². The Labute approximate surface area is 123 Å². The zero-order valence-corrected chi connectivity index (χ0v) is 12.7. The smallest absolute Gasteiger partial charge is 0.146 e. The van der Waals surface area contributed by atoms with E-state index in [1.165, 1.54) is 11.1 Å². The summed E-state index contributed by atoms with van der Waals surface area (Å²) in [5, 5.41) is 0. The van der Waals surface area contributed by atoms with E-state index in [1.807, 2.05) is 18.2 Å². The summed E-state index contributed by atoms with van der Waals surface area (Å²) in [6, 6.07) is 9.91. The van der Waals surface area contributed by atoms with Crippen molar-refractivity contribution in [3.63, 3.8) is 0 Å². The maximum Gasteiger partial charge on any atom is 0.146 e. The molecule has 0 atom stereocenters. The van der Waals surface area contributed by atoms with E-state index in [9.17, 15) is 0 Å². The number of aromatic amines is 1. The monoisotopic (exact) mass is 282 g/mol. The number of imidazole rings is 1. The van der Waals surface area contributed by atoms with E-state index in [4.69, 9.17) is 9.47 Å². The molecule has 0 fully saturated rings. The number of aromatic nitrogens is 2. The molecular formula is C17H18N2O2. The third-order valence-corrected chi connectivity index (χ3v) is 3.76. The lowest BCUT2D eigenvalue weighted by atomic mass is 10.1. The van der Waals surface area contributed by atoms with Gasteiger partial charge in [-0.3, -0.25) is 0 Å². The number of fused-ring (bicyclic) bond motifs is 1. The second-order valence-electron chi connectivity index (χ2n) is 5.08. The SMILES string of the molecule is COc1cccc(OC)c1-c1nc2cc(C)c(C)cc2[nH]1. The fraction of sp³-hybridized carbons (Fsp3) is 0.235. The van der Waals surface area contributed by atoms with Crippen LogP contribution >= 0.6 is 0 Å². The van der Waals surface area contributed by atoms with Crippen molar-refractivity contribution < 1.29 is 9.47 Å². The van der Waals surface area contributed by atoms with Gasteiger partial charge in [0, 0.05) is 0 Å². The number of benzene rings is 2. The van der Waals surface area contributed by atoms with Gasteiger partial charge < -0.3 is 14.5 Å². The molecule has 0 spiro atoms. The maximum absolute atomic E-state index is 5.45. The lowest BCUT2D eigenvalue weighted by molar-refractivity contribution is 0.397. The van der Waals surface area contributed by atoms with E-state index < -0.39 is 0 Å². The van der Waals surface area contributed by atoms with E-state index in [1.54, 1.807) is 14.2 Å². The molecule has 3 aromatic rings. The van der Waals surface area contributed by atoms with E-state index in [-0.39, 0.29) is 0 Å². The fourth-order valence-electron chi connectivity index (χ4n) is 2.47. The van der Waals surface area contributed by atoms with Gasteiger partial charge >= 0.3 is 0 Å². The Hall–Kier alpha value is -2.49. The molecule has 0 saturated carbocycles. The van der Waals surface area contributed by atoms with Crippen LogP contribution in [0.3, 0.4) is 0 Å². The van der Waals surface area contributed by atoms with Gasteiger partial charge in [-0.1, -0.05) is 6.07 Å². The summed E-state index contributed by atoms with van der Waals surface area (Å²) < 4.78 is 10.9. The summed E-state index contributed by atoms with van der Waals surface area (Å²) >= 11 is 0. The van der Waals surface area contributed by atoms with Crippen molar-refractivity contribution in [1.82, 2.24) is 9.97 Å². The Balaban J connectivity index is 2.25. The van der Waals surface area contributed by atoms with Crippen LogP contribution in [0.15, 0.2) is 30.3 Å². The van der Waals surface area contributed by atoms with Gasteiger partial charge in [-0.2, -0.15) is 0 Å². The molecule has 1 N–H and O–H groups in total. The molecule has 0 saturated heterocycles. The Morgan fingerprint density at radius 1 is 0.952 bits per heavy atom.